The van der Waals surface area contributed by atoms with E-state index in [4.69, 9.17) is 9.47 Å². The molecule has 0 aromatic heterocycles. The van der Waals surface area contributed by atoms with Crippen LogP contribution in [0.25, 0.3) is 0 Å². The number of rotatable bonds is 20. The molecule has 5 heteroatoms. The third-order valence-electron chi connectivity index (χ3n) is 4.64. The number of allylic oxidation sites excluding steroid dienone is 8. The van der Waals surface area contributed by atoms with E-state index >= 15 is 0 Å². The van der Waals surface area contributed by atoms with Crippen LogP contribution in [0.2, 0.25) is 0 Å². The summed E-state index contributed by atoms with van der Waals surface area (Å²) < 4.78 is 10.3. The number of aliphatic hydroxyl groups excluding tert-OH is 1. The van der Waals surface area contributed by atoms with Crippen molar-refractivity contribution in [2.75, 3.05) is 13.2 Å². The van der Waals surface area contributed by atoms with Crippen LogP contribution >= 0.6 is 0 Å². The molecule has 0 amide bonds. The van der Waals surface area contributed by atoms with Crippen molar-refractivity contribution in [3.63, 3.8) is 0 Å². The molecule has 0 spiro atoms. The highest BCUT2D eigenvalue weighted by Gasteiger charge is 2.15. The lowest BCUT2D eigenvalue weighted by Gasteiger charge is -2.15. The molecule has 0 saturated heterocycles. The van der Waals surface area contributed by atoms with Crippen LogP contribution in [0.4, 0.5) is 0 Å². The maximum atomic E-state index is 11.9. The molecule has 0 saturated carbocycles. The van der Waals surface area contributed by atoms with Crippen molar-refractivity contribution in [1.29, 1.82) is 0 Å². The Morgan fingerprint density at radius 2 is 1.31 bits per heavy atom. The van der Waals surface area contributed by atoms with Crippen LogP contribution in [0.15, 0.2) is 48.6 Å². The van der Waals surface area contributed by atoms with Crippen LogP contribution in [0.1, 0.15) is 90.9 Å². The summed E-state index contributed by atoms with van der Waals surface area (Å²) in [4.78, 5) is 23.5. The van der Waals surface area contributed by atoms with Crippen LogP contribution in [-0.2, 0) is 19.1 Å². The lowest BCUT2D eigenvalue weighted by atomic mass is 10.2. The number of esters is 2. The maximum absolute atomic E-state index is 11.9. The molecule has 182 valence electrons. The molecule has 1 atom stereocenters. The smallest absolute Gasteiger partial charge is 0.306 e. The predicted molar refractivity (Wildman–Crippen MR) is 131 cm³/mol. The molecular formula is C27H44O5. The second-order valence-electron chi connectivity index (χ2n) is 7.68. The molecule has 0 rings (SSSR count). The average molecular weight is 449 g/mol. The normalized spacial score (nSPS) is 13.0. The van der Waals surface area contributed by atoms with E-state index in [1.54, 1.807) is 0 Å². The molecule has 0 heterocycles. The Morgan fingerprint density at radius 1 is 0.750 bits per heavy atom. The topological polar surface area (TPSA) is 72.8 Å². The van der Waals surface area contributed by atoms with Gasteiger partial charge < -0.3 is 14.6 Å². The largest absolute Gasteiger partial charge is 0.462 e. The van der Waals surface area contributed by atoms with Crippen molar-refractivity contribution in [1.82, 2.24) is 0 Å². The minimum Gasteiger partial charge on any atom is -0.462 e. The third-order valence-corrected chi connectivity index (χ3v) is 4.64. The zero-order valence-electron chi connectivity index (χ0n) is 20.2. The second kappa shape index (κ2) is 23.5. The summed E-state index contributed by atoms with van der Waals surface area (Å²) in [6.07, 6.45) is 26.5. The summed E-state index contributed by atoms with van der Waals surface area (Å²) in [5.41, 5.74) is 0. The molecule has 0 bridgehead atoms. The fourth-order valence-electron chi connectivity index (χ4n) is 2.78. The summed E-state index contributed by atoms with van der Waals surface area (Å²) in [7, 11) is 0. The van der Waals surface area contributed by atoms with Gasteiger partial charge in [0.15, 0.2) is 6.10 Å². The zero-order chi connectivity index (χ0) is 23.7. The van der Waals surface area contributed by atoms with Crippen LogP contribution < -0.4 is 0 Å². The first-order chi connectivity index (χ1) is 15.6. The highest BCUT2D eigenvalue weighted by Crippen LogP contribution is 2.06. The minimum absolute atomic E-state index is 0.0881. The number of ether oxygens (including phenoxy) is 2. The Labute approximate surface area is 195 Å². The second-order valence-corrected chi connectivity index (χ2v) is 7.68. The summed E-state index contributed by atoms with van der Waals surface area (Å²) in [6, 6.07) is 0. The predicted octanol–water partition coefficient (Wildman–Crippen LogP) is 6.38. The van der Waals surface area contributed by atoms with Crippen molar-refractivity contribution in [2.24, 2.45) is 0 Å². The van der Waals surface area contributed by atoms with Gasteiger partial charge in [0.1, 0.15) is 6.61 Å². The number of hydrogen-bond donors (Lipinski definition) is 1. The number of hydrogen-bond acceptors (Lipinski definition) is 5. The first kappa shape index (κ1) is 29.9. The number of carbonyl (C=O) groups excluding carboxylic acids is 2. The van der Waals surface area contributed by atoms with E-state index in [1.165, 1.54) is 0 Å². The van der Waals surface area contributed by atoms with Gasteiger partial charge in [-0.2, -0.15) is 0 Å². The number of unbranched alkanes of at least 4 members (excludes halogenated alkanes) is 4. The summed E-state index contributed by atoms with van der Waals surface area (Å²) in [5.74, 6) is -0.679. The van der Waals surface area contributed by atoms with E-state index in [2.05, 4.69) is 62.5 Å². The lowest BCUT2D eigenvalue weighted by Crippen LogP contribution is -2.28. The Hall–Kier alpha value is -2.14. The van der Waals surface area contributed by atoms with Crippen LogP contribution in [0.3, 0.4) is 0 Å². The number of carbonyl (C=O) groups is 2. The highest BCUT2D eigenvalue weighted by atomic mass is 16.6. The Bertz CT molecular complexity index is 575. The van der Waals surface area contributed by atoms with Gasteiger partial charge in [-0.05, 0) is 51.4 Å². The summed E-state index contributed by atoms with van der Waals surface area (Å²) in [6.45, 7) is 3.76. The summed E-state index contributed by atoms with van der Waals surface area (Å²) in [5, 5.41) is 9.32. The molecule has 1 N–H and O–H groups in total. The molecule has 0 aromatic carbocycles. The molecule has 0 aromatic rings. The van der Waals surface area contributed by atoms with Crippen LogP contribution in [-0.4, -0.2) is 36.4 Å². The molecule has 0 fully saturated rings. The fraction of sp³-hybridized carbons (Fsp3) is 0.630. The van der Waals surface area contributed by atoms with E-state index in [9.17, 15) is 14.7 Å². The first-order valence-electron chi connectivity index (χ1n) is 12.2. The Morgan fingerprint density at radius 3 is 1.91 bits per heavy atom. The van der Waals surface area contributed by atoms with E-state index in [0.29, 0.717) is 12.8 Å². The molecule has 0 radical (unpaired) electrons. The summed E-state index contributed by atoms with van der Waals surface area (Å²) >= 11 is 0. The minimum atomic E-state index is -0.785. The molecule has 32 heavy (non-hydrogen) atoms. The van der Waals surface area contributed by atoms with Gasteiger partial charge in [0.2, 0.25) is 0 Å². The van der Waals surface area contributed by atoms with Gasteiger partial charge >= 0.3 is 11.9 Å². The van der Waals surface area contributed by atoms with Gasteiger partial charge in [0.25, 0.3) is 0 Å². The molecule has 1 unspecified atom stereocenters. The van der Waals surface area contributed by atoms with E-state index in [1.807, 2.05) is 0 Å². The van der Waals surface area contributed by atoms with Crippen molar-refractivity contribution >= 4 is 11.9 Å². The van der Waals surface area contributed by atoms with E-state index in [-0.39, 0.29) is 25.2 Å². The van der Waals surface area contributed by atoms with Crippen molar-refractivity contribution < 1.29 is 24.2 Å². The molecule has 0 aliphatic rings. The van der Waals surface area contributed by atoms with Gasteiger partial charge in [-0.1, -0.05) is 75.3 Å². The maximum Gasteiger partial charge on any atom is 0.306 e. The van der Waals surface area contributed by atoms with Gasteiger partial charge in [-0.3, -0.25) is 9.59 Å². The van der Waals surface area contributed by atoms with E-state index in [0.717, 1.165) is 64.2 Å². The SMILES string of the molecule is CC/C=C\C/C=C\C/C=C\C/C=C\CCCCC(=O)OC(CO)COC(=O)CCCCC. The quantitative estimate of drug-likeness (QED) is 0.133. The highest BCUT2D eigenvalue weighted by molar-refractivity contribution is 5.70. The van der Waals surface area contributed by atoms with Crippen LogP contribution in [0.5, 0.6) is 0 Å². The molecule has 0 aliphatic carbocycles. The Kier molecular flexibility index (Phi) is 21.9. The van der Waals surface area contributed by atoms with Gasteiger partial charge in [0, 0.05) is 12.8 Å². The molecule has 0 aliphatic heterocycles. The van der Waals surface area contributed by atoms with Crippen molar-refractivity contribution in [3.8, 4) is 0 Å². The third kappa shape index (κ3) is 21.1. The fourth-order valence-corrected chi connectivity index (χ4v) is 2.78. The lowest BCUT2D eigenvalue weighted by molar-refractivity contribution is -0.161. The van der Waals surface area contributed by atoms with Crippen molar-refractivity contribution in [2.45, 2.75) is 97.0 Å². The zero-order valence-corrected chi connectivity index (χ0v) is 20.2. The van der Waals surface area contributed by atoms with Gasteiger partial charge in [0.05, 0.1) is 6.61 Å². The van der Waals surface area contributed by atoms with E-state index < -0.39 is 6.10 Å². The standard InChI is InChI=1S/C27H44O5/c1-3-5-7-8-9-10-11-12-13-14-15-16-17-18-20-22-27(30)32-25(23-28)24-31-26(29)21-19-6-4-2/h5,7,9-10,12-13,15-16,25,28H,3-4,6,8,11,14,17-24H2,1-2H3/b7-5-,10-9-,13-12-,16-15-. The number of aliphatic hydroxyl groups is 1. The van der Waals surface area contributed by atoms with Gasteiger partial charge in [-0.15, -0.1) is 0 Å². The van der Waals surface area contributed by atoms with Crippen LogP contribution in [0, 0.1) is 0 Å². The van der Waals surface area contributed by atoms with Gasteiger partial charge in [-0.25, -0.2) is 0 Å². The Balaban J connectivity index is 3.74. The molecular weight excluding hydrogens is 404 g/mol. The molecule has 5 nitrogen and oxygen atoms in total. The first-order valence-corrected chi connectivity index (χ1v) is 12.2. The monoisotopic (exact) mass is 448 g/mol. The van der Waals surface area contributed by atoms with Crippen molar-refractivity contribution in [3.05, 3.63) is 48.6 Å². The average Bonchev–Trinajstić information content (AvgIpc) is 2.79.